The van der Waals surface area contributed by atoms with Crippen molar-refractivity contribution in [1.29, 1.82) is 0 Å². The largest absolute Gasteiger partial charge is 0.339 e. The first-order valence-electron chi connectivity index (χ1n) is 9.26. The zero-order valence-corrected chi connectivity index (χ0v) is 14.6. The average Bonchev–Trinajstić information content (AvgIpc) is 3.27. The van der Waals surface area contributed by atoms with Gasteiger partial charge in [0, 0.05) is 37.2 Å². The SMILES string of the molecule is O=C(c1cccc2c1CCC2)N1CCC2(C1)CN(c1ncc(F)cn1)C2. The molecule has 0 radical (unpaired) electrons. The highest BCUT2D eigenvalue weighted by Crippen LogP contribution is 2.41. The number of likely N-dealkylation sites (tertiary alicyclic amines) is 1. The van der Waals surface area contributed by atoms with Crippen LogP contribution in [0.5, 0.6) is 0 Å². The Kier molecular flexibility index (Phi) is 3.48. The molecular weight excluding hydrogens is 331 g/mol. The maximum Gasteiger partial charge on any atom is 0.254 e. The van der Waals surface area contributed by atoms with Crippen LogP contribution in [0.1, 0.15) is 34.3 Å². The van der Waals surface area contributed by atoms with Crippen LogP contribution in [-0.2, 0) is 12.8 Å². The van der Waals surface area contributed by atoms with Gasteiger partial charge in [0.05, 0.1) is 12.4 Å². The van der Waals surface area contributed by atoms with Gasteiger partial charge in [0.15, 0.2) is 5.82 Å². The molecule has 0 atom stereocenters. The van der Waals surface area contributed by atoms with E-state index >= 15 is 0 Å². The number of carbonyl (C=O) groups excluding carboxylic acids is 1. The molecule has 2 aliphatic heterocycles. The molecule has 134 valence electrons. The Hall–Kier alpha value is -2.50. The van der Waals surface area contributed by atoms with E-state index in [-0.39, 0.29) is 11.3 Å². The Morgan fingerprint density at radius 1 is 1.12 bits per heavy atom. The highest BCUT2D eigenvalue weighted by atomic mass is 19.1. The van der Waals surface area contributed by atoms with Crippen LogP contribution < -0.4 is 4.90 Å². The Morgan fingerprint density at radius 3 is 2.73 bits per heavy atom. The minimum Gasteiger partial charge on any atom is -0.339 e. The van der Waals surface area contributed by atoms with Gasteiger partial charge in [0.1, 0.15) is 0 Å². The number of carbonyl (C=O) groups is 1. The number of rotatable bonds is 2. The summed E-state index contributed by atoms with van der Waals surface area (Å²) in [5, 5.41) is 0. The highest BCUT2D eigenvalue weighted by molar-refractivity contribution is 5.96. The summed E-state index contributed by atoms with van der Waals surface area (Å²) in [6.45, 7) is 3.25. The van der Waals surface area contributed by atoms with Gasteiger partial charge in [-0.2, -0.15) is 0 Å². The quantitative estimate of drug-likeness (QED) is 0.833. The fraction of sp³-hybridized carbons (Fsp3) is 0.450. The van der Waals surface area contributed by atoms with Crippen molar-refractivity contribution in [3.05, 3.63) is 53.1 Å². The van der Waals surface area contributed by atoms with E-state index in [4.69, 9.17) is 0 Å². The lowest BCUT2D eigenvalue weighted by molar-refractivity contribution is 0.0761. The molecule has 2 aromatic rings. The van der Waals surface area contributed by atoms with E-state index in [9.17, 15) is 9.18 Å². The van der Waals surface area contributed by atoms with E-state index in [1.807, 2.05) is 17.0 Å². The molecule has 2 fully saturated rings. The van der Waals surface area contributed by atoms with E-state index in [1.54, 1.807) is 0 Å². The van der Waals surface area contributed by atoms with Crippen molar-refractivity contribution in [3.63, 3.8) is 0 Å². The minimum atomic E-state index is -0.419. The van der Waals surface area contributed by atoms with Gasteiger partial charge in [-0.15, -0.1) is 0 Å². The van der Waals surface area contributed by atoms with E-state index in [2.05, 4.69) is 20.9 Å². The van der Waals surface area contributed by atoms with Crippen LogP contribution in [0.15, 0.2) is 30.6 Å². The molecule has 0 unspecified atom stereocenters. The Morgan fingerprint density at radius 2 is 1.92 bits per heavy atom. The van der Waals surface area contributed by atoms with E-state index < -0.39 is 5.82 Å². The third kappa shape index (κ3) is 2.47. The number of fused-ring (bicyclic) bond motifs is 1. The molecule has 1 aromatic heterocycles. The smallest absolute Gasteiger partial charge is 0.254 e. The van der Waals surface area contributed by atoms with Crippen molar-refractivity contribution < 1.29 is 9.18 Å². The number of benzene rings is 1. The zero-order valence-electron chi connectivity index (χ0n) is 14.6. The van der Waals surface area contributed by atoms with Crippen molar-refractivity contribution >= 4 is 11.9 Å². The lowest BCUT2D eigenvalue weighted by Gasteiger charge is -2.47. The van der Waals surface area contributed by atoms with Crippen molar-refractivity contribution in [2.75, 3.05) is 31.1 Å². The monoisotopic (exact) mass is 352 g/mol. The second-order valence-electron chi connectivity index (χ2n) is 7.83. The van der Waals surface area contributed by atoms with Crippen molar-refractivity contribution in [3.8, 4) is 0 Å². The summed E-state index contributed by atoms with van der Waals surface area (Å²) in [4.78, 5) is 25.3. The molecule has 0 saturated carbocycles. The summed E-state index contributed by atoms with van der Waals surface area (Å²) in [6.07, 6.45) is 6.67. The molecule has 1 aliphatic carbocycles. The van der Waals surface area contributed by atoms with Gasteiger partial charge in [0.25, 0.3) is 5.91 Å². The molecule has 26 heavy (non-hydrogen) atoms. The summed E-state index contributed by atoms with van der Waals surface area (Å²) in [7, 11) is 0. The van der Waals surface area contributed by atoms with Gasteiger partial charge in [0.2, 0.25) is 5.95 Å². The van der Waals surface area contributed by atoms with Gasteiger partial charge >= 0.3 is 0 Å². The number of nitrogens with zero attached hydrogens (tertiary/aromatic N) is 4. The van der Waals surface area contributed by atoms with Crippen LogP contribution in [0.3, 0.4) is 0 Å². The molecule has 1 aromatic carbocycles. The lowest BCUT2D eigenvalue weighted by Crippen LogP contribution is -2.58. The number of anilines is 1. The van der Waals surface area contributed by atoms with Crippen LogP contribution in [-0.4, -0.2) is 47.0 Å². The number of halogens is 1. The first-order valence-corrected chi connectivity index (χ1v) is 9.26. The molecule has 0 bridgehead atoms. The van der Waals surface area contributed by atoms with E-state index in [0.29, 0.717) is 5.95 Å². The molecule has 0 N–H and O–H groups in total. The van der Waals surface area contributed by atoms with Crippen LogP contribution in [0, 0.1) is 11.2 Å². The van der Waals surface area contributed by atoms with Crippen LogP contribution >= 0.6 is 0 Å². The van der Waals surface area contributed by atoms with E-state index in [0.717, 1.165) is 57.4 Å². The summed E-state index contributed by atoms with van der Waals surface area (Å²) in [6, 6.07) is 6.15. The Labute approximate surface area is 151 Å². The maximum atomic E-state index is 13.1. The fourth-order valence-electron chi connectivity index (χ4n) is 4.73. The van der Waals surface area contributed by atoms with Gasteiger partial charge in [-0.05, 0) is 42.9 Å². The molecule has 2 saturated heterocycles. The van der Waals surface area contributed by atoms with Crippen molar-refractivity contribution in [1.82, 2.24) is 14.9 Å². The molecule has 1 amide bonds. The number of amides is 1. The zero-order chi connectivity index (χ0) is 17.7. The molecule has 5 nitrogen and oxygen atoms in total. The molecule has 3 aliphatic rings. The third-order valence-electron chi connectivity index (χ3n) is 6.04. The Balaban J connectivity index is 1.28. The van der Waals surface area contributed by atoms with Gasteiger partial charge in [-0.25, -0.2) is 14.4 Å². The predicted octanol–water partition coefficient (Wildman–Crippen LogP) is 2.46. The van der Waals surface area contributed by atoms with Crippen LogP contribution in [0.2, 0.25) is 0 Å². The van der Waals surface area contributed by atoms with Crippen molar-refractivity contribution in [2.45, 2.75) is 25.7 Å². The number of hydrogen-bond donors (Lipinski definition) is 0. The topological polar surface area (TPSA) is 49.3 Å². The normalized spacial score (nSPS) is 20.3. The summed E-state index contributed by atoms with van der Waals surface area (Å²) < 4.78 is 13.0. The molecule has 1 spiro atoms. The molecular formula is C20H21FN4O. The summed E-state index contributed by atoms with van der Waals surface area (Å²) in [5.74, 6) is 0.330. The molecule has 6 heteroatoms. The Bertz CT molecular complexity index is 861. The van der Waals surface area contributed by atoms with Gasteiger partial charge in [-0.3, -0.25) is 4.79 Å². The lowest BCUT2D eigenvalue weighted by atomic mass is 9.79. The third-order valence-corrected chi connectivity index (χ3v) is 6.04. The number of aromatic nitrogens is 2. The van der Waals surface area contributed by atoms with Crippen LogP contribution in [0.25, 0.3) is 0 Å². The van der Waals surface area contributed by atoms with Crippen LogP contribution in [0.4, 0.5) is 10.3 Å². The summed E-state index contributed by atoms with van der Waals surface area (Å²) in [5.41, 5.74) is 3.63. The maximum absolute atomic E-state index is 13.1. The average molecular weight is 352 g/mol. The molecule has 5 rings (SSSR count). The second-order valence-corrected chi connectivity index (χ2v) is 7.83. The van der Waals surface area contributed by atoms with E-state index in [1.165, 1.54) is 23.5 Å². The van der Waals surface area contributed by atoms with Gasteiger partial charge < -0.3 is 9.80 Å². The standard InChI is InChI=1S/C20H21FN4O/c21-15-9-22-19(23-10-15)25-12-20(13-25)7-8-24(11-20)18(26)17-6-2-4-14-3-1-5-16(14)17/h2,4,6,9-10H,1,3,5,7-8,11-13H2. The fourth-order valence-corrected chi connectivity index (χ4v) is 4.73. The van der Waals surface area contributed by atoms with Crippen molar-refractivity contribution in [2.24, 2.45) is 5.41 Å². The minimum absolute atomic E-state index is 0.130. The number of aryl methyl sites for hydroxylation is 1. The first-order chi connectivity index (χ1) is 12.6. The van der Waals surface area contributed by atoms with Gasteiger partial charge in [-0.1, -0.05) is 12.1 Å². The second kappa shape index (κ2) is 5.76. The first kappa shape index (κ1) is 15.7. The summed E-state index contributed by atoms with van der Waals surface area (Å²) >= 11 is 0. The highest BCUT2D eigenvalue weighted by Gasteiger charge is 2.49. The number of hydrogen-bond acceptors (Lipinski definition) is 4. The molecule has 3 heterocycles. The predicted molar refractivity (Wildman–Crippen MR) is 95.6 cm³/mol.